The number of benzene rings is 3. The Kier molecular flexibility index (Phi) is 11.2. The number of ether oxygens (including phenoxy) is 3. The van der Waals surface area contributed by atoms with Crippen LogP contribution in [0.2, 0.25) is 20.1 Å². The number of rotatable bonds is 14. The van der Waals surface area contributed by atoms with Crippen molar-refractivity contribution in [3.05, 3.63) is 79.7 Å². The molecule has 12 heteroatoms. The third-order valence-corrected chi connectivity index (χ3v) is 6.21. The Morgan fingerprint density at radius 2 is 1.42 bits per heavy atom. The molecule has 0 radical (unpaired) electrons. The molecule has 0 unspecified atom stereocenters. The number of para-hydroxylation sites is 1. The Morgan fingerprint density at radius 1 is 0.816 bits per heavy atom. The molecule has 0 aliphatic rings. The van der Waals surface area contributed by atoms with Crippen LogP contribution in [-0.2, 0) is 16.0 Å². The first-order chi connectivity index (χ1) is 18.2. The zero-order chi connectivity index (χ0) is 27.7. The van der Waals surface area contributed by atoms with Gasteiger partial charge in [0.15, 0.2) is 18.3 Å². The van der Waals surface area contributed by atoms with E-state index in [0.717, 1.165) is 0 Å². The van der Waals surface area contributed by atoms with Crippen molar-refractivity contribution in [2.45, 2.75) is 19.3 Å². The van der Waals surface area contributed by atoms with E-state index in [1.54, 1.807) is 42.5 Å². The van der Waals surface area contributed by atoms with Gasteiger partial charge >= 0.3 is 11.9 Å². The summed E-state index contributed by atoms with van der Waals surface area (Å²) in [6, 6.07) is 12.9. The van der Waals surface area contributed by atoms with E-state index < -0.39 is 11.9 Å². The van der Waals surface area contributed by atoms with E-state index in [0.29, 0.717) is 42.1 Å². The van der Waals surface area contributed by atoms with Gasteiger partial charge in [0.05, 0.1) is 44.6 Å². The fraction of sp³-hybridized carbons (Fsp3) is 0.231. The van der Waals surface area contributed by atoms with Gasteiger partial charge in [-0.25, -0.2) is 4.79 Å². The average molecular weight is 603 g/mol. The first-order valence-electron chi connectivity index (χ1n) is 11.3. The van der Waals surface area contributed by atoms with Crippen molar-refractivity contribution in [1.29, 1.82) is 0 Å². The summed E-state index contributed by atoms with van der Waals surface area (Å²) < 4.78 is 16.7. The molecule has 0 saturated heterocycles. The number of aliphatic carboxylic acids is 1. The zero-order valence-electron chi connectivity index (χ0n) is 19.8. The molecule has 0 amide bonds. The van der Waals surface area contributed by atoms with E-state index in [9.17, 15) is 14.7 Å². The minimum Gasteiger partial charge on any atom is -0.490 e. The van der Waals surface area contributed by atoms with E-state index in [2.05, 4.69) is 5.32 Å². The van der Waals surface area contributed by atoms with Crippen LogP contribution in [-0.4, -0.2) is 42.2 Å². The van der Waals surface area contributed by atoms with Gasteiger partial charge in [-0.05, 0) is 48.4 Å². The van der Waals surface area contributed by atoms with Crippen LogP contribution in [0.1, 0.15) is 28.8 Å². The number of aromatic carboxylic acids is 1. The maximum Gasteiger partial charge on any atom is 0.337 e. The van der Waals surface area contributed by atoms with E-state index >= 15 is 0 Å². The number of hydrogen-bond acceptors (Lipinski definition) is 6. The highest BCUT2D eigenvalue weighted by molar-refractivity contribution is 6.38. The topological polar surface area (TPSA) is 114 Å². The lowest BCUT2D eigenvalue weighted by atomic mass is 10.1. The third kappa shape index (κ3) is 8.58. The second-order valence-electron chi connectivity index (χ2n) is 7.90. The van der Waals surface area contributed by atoms with Crippen molar-refractivity contribution < 1.29 is 34.0 Å². The van der Waals surface area contributed by atoms with Crippen LogP contribution in [0.5, 0.6) is 11.5 Å². The maximum atomic E-state index is 11.4. The van der Waals surface area contributed by atoms with Crippen molar-refractivity contribution >= 4 is 69.7 Å². The largest absolute Gasteiger partial charge is 0.490 e. The number of carboxylic acids is 2. The normalized spacial score (nSPS) is 10.7. The van der Waals surface area contributed by atoms with Crippen LogP contribution in [0.4, 0.5) is 11.4 Å². The molecule has 0 bridgehead atoms. The monoisotopic (exact) mass is 601 g/mol. The lowest BCUT2D eigenvalue weighted by molar-refractivity contribution is -0.136. The van der Waals surface area contributed by atoms with E-state index in [4.69, 9.17) is 65.7 Å². The van der Waals surface area contributed by atoms with Crippen molar-refractivity contribution in [3.8, 4) is 11.5 Å². The van der Waals surface area contributed by atoms with Crippen LogP contribution in [0, 0.1) is 0 Å². The van der Waals surface area contributed by atoms with E-state index in [1.807, 2.05) is 0 Å². The molecule has 0 fully saturated rings. The van der Waals surface area contributed by atoms with Gasteiger partial charge in [-0.15, -0.1) is 0 Å². The van der Waals surface area contributed by atoms with Gasteiger partial charge in [-0.1, -0.05) is 58.5 Å². The number of anilines is 2. The van der Waals surface area contributed by atoms with Crippen LogP contribution < -0.4 is 14.8 Å². The molecule has 0 spiro atoms. The Morgan fingerprint density at radius 3 is 2.05 bits per heavy atom. The molecular weight excluding hydrogens is 580 g/mol. The molecule has 0 aliphatic heterocycles. The molecule has 3 N–H and O–H groups in total. The Hall–Kier alpha value is -2.88. The number of carbonyl (C=O) groups is 2. The van der Waals surface area contributed by atoms with Gasteiger partial charge in [0.1, 0.15) is 0 Å². The second-order valence-corrected chi connectivity index (χ2v) is 9.53. The number of aryl methyl sites for hydroxylation is 1. The summed E-state index contributed by atoms with van der Waals surface area (Å²) in [5.41, 5.74) is 1.71. The Balaban J connectivity index is 1.44. The average Bonchev–Trinajstić information content (AvgIpc) is 2.85. The summed E-state index contributed by atoms with van der Waals surface area (Å²) in [5, 5.41) is 22.2. The zero-order valence-corrected chi connectivity index (χ0v) is 22.8. The van der Waals surface area contributed by atoms with Crippen LogP contribution in [0.15, 0.2) is 48.5 Å². The fourth-order valence-electron chi connectivity index (χ4n) is 3.34. The summed E-state index contributed by atoms with van der Waals surface area (Å²) in [5.74, 6) is -1.42. The Bertz CT molecular complexity index is 1260. The van der Waals surface area contributed by atoms with E-state index in [-0.39, 0.29) is 51.2 Å². The lowest BCUT2D eigenvalue weighted by Crippen LogP contribution is -2.08. The highest BCUT2D eigenvalue weighted by Crippen LogP contribution is 2.37. The smallest absolute Gasteiger partial charge is 0.337 e. The molecule has 0 heterocycles. The van der Waals surface area contributed by atoms with Crippen molar-refractivity contribution in [1.82, 2.24) is 0 Å². The predicted molar refractivity (Wildman–Crippen MR) is 147 cm³/mol. The molecule has 202 valence electrons. The number of hydrogen-bond donors (Lipinski definition) is 3. The lowest BCUT2D eigenvalue weighted by Gasteiger charge is -2.14. The van der Waals surface area contributed by atoms with Crippen molar-refractivity contribution in [3.63, 3.8) is 0 Å². The quantitative estimate of drug-likeness (QED) is 0.128. The summed E-state index contributed by atoms with van der Waals surface area (Å²) in [6.07, 6.45) is 0.770. The van der Waals surface area contributed by atoms with Gasteiger partial charge in [0.25, 0.3) is 0 Å². The molecule has 0 atom stereocenters. The third-order valence-electron chi connectivity index (χ3n) is 5.09. The van der Waals surface area contributed by atoms with Gasteiger partial charge in [0, 0.05) is 18.5 Å². The first kappa shape index (κ1) is 29.7. The van der Waals surface area contributed by atoms with Crippen LogP contribution in [0.25, 0.3) is 0 Å². The van der Waals surface area contributed by atoms with Gasteiger partial charge < -0.3 is 29.7 Å². The summed E-state index contributed by atoms with van der Waals surface area (Å²) >= 11 is 25.1. The standard InChI is InChI=1S/C26H23Cl4NO7/c27-18-10-15(6-7-23(32)33)11-19(28)25(18)38-14-36-8-3-9-37-24-20(29)12-16(13-21(24)30)31-22-5-2-1-4-17(22)26(34)35/h1-2,4-5,10-13,31H,3,6-9,14H2,(H,32,33)(H,34,35). The molecule has 0 aromatic heterocycles. The molecule has 3 rings (SSSR count). The Labute approximate surface area is 238 Å². The molecule has 38 heavy (non-hydrogen) atoms. The molecule has 3 aromatic carbocycles. The van der Waals surface area contributed by atoms with E-state index in [1.165, 1.54) is 6.07 Å². The molecule has 0 aliphatic carbocycles. The number of nitrogens with one attached hydrogen (secondary N) is 1. The SMILES string of the molecule is O=C(O)CCc1cc(Cl)c(OCOCCCOc2c(Cl)cc(Nc3ccccc3C(=O)O)cc2Cl)c(Cl)c1. The second kappa shape index (κ2) is 14.3. The van der Waals surface area contributed by atoms with Crippen molar-refractivity contribution in [2.75, 3.05) is 25.3 Å². The molecular formula is C26H23Cl4NO7. The molecule has 8 nitrogen and oxygen atoms in total. The fourth-order valence-corrected chi connectivity index (χ4v) is 4.58. The first-order valence-corrected chi connectivity index (χ1v) is 12.8. The predicted octanol–water partition coefficient (Wildman–Crippen LogP) is 7.58. The number of carboxylic acid groups (broad SMARTS) is 2. The summed E-state index contributed by atoms with van der Waals surface area (Å²) in [7, 11) is 0. The van der Waals surface area contributed by atoms with Crippen LogP contribution >= 0.6 is 46.4 Å². The minimum atomic E-state index is -1.06. The molecule has 3 aromatic rings. The maximum absolute atomic E-state index is 11.4. The van der Waals surface area contributed by atoms with Crippen molar-refractivity contribution in [2.24, 2.45) is 0 Å². The summed E-state index contributed by atoms with van der Waals surface area (Å²) in [6.45, 7) is 0.453. The summed E-state index contributed by atoms with van der Waals surface area (Å²) in [4.78, 5) is 22.1. The van der Waals surface area contributed by atoms with Gasteiger partial charge in [-0.3, -0.25) is 4.79 Å². The van der Waals surface area contributed by atoms with Crippen LogP contribution in [0.3, 0.4) is 0 Å². The van der Waals surface area contributed by atoms with Gasteiger partial charge in [0.2, 0.25) is 0 Å². The van der Waals surface area contributed by atoms with Gasteiger partial charge in [-0.2, -0.15) is 0 Å². The highest BCUT2D eigenvalue weighted by Gasteiger charge is 2.14. The number of halogens is 4. The molecule has 0 saturated carbocycles. The minimum absolute atomic E-state index is 0.0309. The highest BCUT2D eigenvalue weighted by atomic mass is 35.5.